The average molecular weight is 794 g/mol. The van der Waals surface area contributed by atoms with E-state index in [1.54, 1.807) is 0 Å². The highest BCUT2D eigenvalue weighted by molar-refractivity contribution is 6.21. The maximum absolute atomic E-state index is 6.99. The molecule has 12 rings (SSSR count). The first-order valence-electron chi connectivity index (χ1n) is 20.7. The third-order valence-electron chi connectivity index (χ3n) is 11.7. The molecule has 12 aromatic rings. The van der Waals surface area contributed by atoms with Crippen molar-refractivity contribution in [1.29, 1.82) is 0 Å². The van der Waals surface area contributed by atoms with Crippen molar-refractivity contribution in [1.82, 2.24) is 24.5 Å². The van der Waals surface area contributed by atoms with Crippen LogP contribution in [0.25, 0.3) is 117 Å². The molecular weight excluding hydrogens is 759 g/mol. The summed E-state index contributed by atoms with van der Waals surface area (Å²) in [6.07, 6.45) is 1.96. The van der Waals surface area contributed by atoms with Crippen LogP contribution in [0.2, 0.25) is 0 Å². The molecule has 8 aromatic carbocycles. The van der Waals surface area contributed by atoms with Gasteiger partial charge in [-0.05, 0) is 59.2 Å². The first-order valence-corrected chi connectivity index (χ1v) is 20.7. The van der Waals surface area contributed by atoms with Crippen LogP contribution in [-0.4, -0.2) is 24.5 Å². The van der Waals surface area contributed by atoms with Gasteiger partial charge < -0.3 is 8.98 Å². The number of aromatic nitrogens is 5. The molecule has 0 bridgehead atoms. The van der Waals surface area contributed by atoms with Crippen LogP contribution in [0.5, 0.6) is 0 Å². The summed E-state index contributed by atoms with van der Waals surface area (Å²) >= 11 is 0. The number of benzene rings is 8. The van der Waals surface area contributed by atoms with Crippen molar-refractivity contribution in [3.63, 3.8) is 0 Å². The minimum absolute atomic E-state index is 0.526. The van der Waals surface area contributed by atoms with E-state index in [4.69, 9.17) is 24.4 Å². The molecule has 0 unspecified atom stereocenters. The third-order valence-corrected chi connectivity index (χ3v) is 11.7. The predicted octanol–water partition coefficient (Wildman–Crippen LogP) is 14.3. The molecule has 0 amide bonds. The molecular formula is C56H35N5O. The Bertz CT molecular complexity index is 3560. The van der Waals surface area contributed by atoms with Gasteiger partial charge in [-0.1, -0.05) is 164 Å². The van der Waals surface area contributed by atoms with E-state index in [0.29, 0.717) is 17.5 Å². The molecule has 0 saturated heterocycles. The largest absolute Gasteiger partial charge is 0.454 e. The molecule has 4 aromatic heterocycles. The summed E-state index contributed by atoms with van der Waals surface area (Å²) in [5, 5.41) is 4.41. The Balaban J connectivity index is 1.10. The second-order valence-corrected chi connectivity index (χ2v) is 15.4. The number of pyridine rings is 1. The highest BCUT2D eigenvalue weighted by Gasteiger charge is 2.22. The number of rotatable bonds is 7. The first kappa shape index (κ1) is 35.5. The Morgan fingerprint density at radius 1 is 0.371 bits per heavy atom. The number of para-hydroxylation sites is 2. The zero-order chi connectivity index (χ0) is 41.0. The number of nitrogens with zero attached hydrogens (tertiary/aromatic N) is 5. The van der Waals surface area contributed by atoms with E-state index in [1.165, 1.54) is 5.39 Å². The van der Waals surface area contributed by atoms with E-state index in [2.05, 4.69) is 144 Å². The predicted molar refractivity (Wildman–Crippen MR) is 252 cm³/mol. The zero-order valence-corrected chi connectivity index (χ0v) is 33.4. The molecule has 0 N–H and O–H groups in total. The Morgan fingerprint density at radius 2 is 0.919 bits per heavy atom. The molecule has 0 fully saturated rings. The van der Waals surface area contributed by atoms with Gasteiger partial charge in [0.2, 0.25) is 0 Å². The van der Waals surface area contributed by atoms with Crippen LogP contribution in [0.15, 0.2) is 217 Å². The second-order valence-electron chi connectivity index (χ2n) is 15.4. The monoisotopic (exact) mass is 793 g/mol. The molecule has 290 valence electrons. The van der Waals surface area contributed by atoms with Gasteiger partial charge in [0.1, 0.15) is 5.58 Å². The van der Waals surface area contributed by atoms with E-state index >= 15 is 0 Å². The lowest BCUT2D eigenvalue weighted by molar-refractivity contribution is 0.671. The molecule has 6 nitrogen and oxygen atoms in total. The Hall–Kier alpha value is -8.48. The Labute approximate surface area is 357 Å². The number of hydrogen-bond acceptors (Lipinski definition) is 5. The average Bonchev–Trinajstić information content (AvgIpc) is 3.90. The highest BCUT2D eigenvalue weighted by Crippen LogP contribution is 2.43. The minimum Gasteiger partial charge on any atom is -0.454 e. The van der Waals surface area contributed by atoms with Crippen molar-refractivity contribution in [2.75, 3.05) is 0 Å². The van der Waals surface area contributed by atoms with Crippen LogP contribution < -0.4 is 0 Å². The minimum atomic E-state index is 0.526. The lowest BCUT2D eigenvalue weighted by Crippen LogP contribution is -2.02. The Kier molecular flexibility index (Phi) is 8.38. The van der Waals surface area contributed by atoms with E-state index in [0.717, 1.165) is 94.2 Å². The maximum atomic E-state index is 6.99. The fourth-order valence-electron chi connectivity index (χ4n) is 8.82. The SMILES string of the molecule is c1ccc(-c2nc(-c3ccccc3)nc(-c3cc(-c4ccccc4-c4ccccc4)cnc3-c3ccc4c(c3)oc3c4ccc4c5ccccc5n(-c5ccccc5)c43)n2)cc1. The molecule has 0 aliphatic heterocycles. The first-order chi connectivity index (χ1) is 30.7. The van der Waals surface area contributed by atoms with Gasteiger partial charge in [-0.2, -0.15) is 0 Å². The summed E-state index contributed by atoms with van der Waals surface area (Å²) in [5.41, 5.74) is 13.3. The molecule has 0 aliphatic carbocycles. The van der Waals surface area contributed by atoms with Crippen LogP contribution in [-0.2, 0) is 0 Å². The molecule has 4 heterocycles. The van der Waals surface area contributed by atoms with Gasteiger partial charge >= 0.3 is 0 Å². The van der Waals surface area contributed by atoms with Gasteiger partial charge in [0.15, 0.2) is 23.1 Å². The van der Waals surface area contributed by atoms with Gasteiger partial charge in [0.05, 0.1) is 16.7 Å². The smallest absolute Gasteiger partial charge is 0.166 e. The molecule has 0 spiro atoms. The standard InChI is InChI=1S/C56H35N5O/c1-5-17-36(18-6-1)42-25-13-14-26-43(42)40-33-48(56-59-54(37-19-7-2-8-20-37)58-55(60-56)38-21-9-3-10-22-38)51(57-35-40)39-29-30-45-47-32-31-46-44-27-15-16-28-49(44)61(41-23-11-4-12-24-41)52(46)53(47)62-50(45)34-39/h1-35H. The molecule has 0 radical (unpaired) electrons. The van der Waals surface area contributed by atoms with Crippen LogP contribution in [0.3, 0.4) is 0 Å². The fourth-order valence-corrected chi connectivity index (χ4v) is 8.82. The van der Waals surface area contributed by atoms with E-state index in [1.807, 2.05) is 72.9 Å². The van der Waals surface area contributed by atoms with Gasteiger partial charge in [-0.3, -0.25) is 4.98 Å². The fraction of sp³-hybridized carbons (Fsp3) is 0. The topological polar surface area (TPSA) is 69.6 Å². The summed E-state index contributed by atoms with van der Waals surface area (Å²) in [7, 11) is 0. The van der Waals surface area contributed by atoms with Gasteiger partial charge in [0, 0.05) is 61.2 Å². The lowest BCUT2D eigenvalue weighted by atomic mass is 9.93. The quantitative estimate of drug-likeness (QED) is 0.161. The van der Waals surface area contributed by atoms with Gasteiger partial charge in [0.25, 0.3) is 0 Å². The number of furan rings is 1. The van der Waals surface area contributed by atoms with E-state index in [9.17, 15) is 0 Å². The molecule has 62 heavy (non-hydrogen) atoms. The second kappa shape index (κ2) is 14.7. The summed E-state index contributed by atoms with van der Waals surface area (Å²) in [6, 6.07) is 71.1. The Morgan fingerprint density at radius 3 is 1.61 bits per heavy atom. The zero-order valence-electron chi connectivity index (χ0n) is 33.4. The van der Waals surface area contributed by atoms with Crippen LogP contribution >= 0.6 is 0 Å². The van der Waals surface area contributed by atoms with Crippen molar-refractivity contribution >= 4 is 43.7 Å². The molecule has 0 atom stereocenters. The summed E-state index contributed by atoms with van der Waals surface area (Å²) in [5.74, 6) is 1.69. The van der Waals surface area contributed by atoms with Crippen LogP contribution in [0.4, 0.5) is 0 Å². The van der Waals surface area contributed by atoms with Crippen molar-refractivity contribution in [2.45, 2.75) is 0 Å². The summed E-state index contributed by atoms with van der Waals surface area (Å²) in [4.78, 5) is 20.7. The van der Waals surface area contributed by atoms with Crippen molar-refractivity contribution in [2.24, 2.45) is 0 Å². The molecule has 6 heteroatoms. The van der Waals surface area contributed by atoms with Gasteiger partial charge in [-0.25, -0.2) is 15.0 Å². The summed E-state index contributed by atoms with van der Waals surface area (Å²) < 4.78 is 9.30. The van der Waals surface area contributed by atoms with E-state index < -0.39 is 0 Å². The van der Waals surface area contributed by atoms with Crippen molar-refractivity contribution < 1.29 is 4.42 Å². The molecule has 0 saturated carbocycles. The van der Waals surface area contributed by atoms with Crippen molar-refractivity contribution in [3.8, 4) is 73.4 Å². The number of hydrogen-bond donors (Lipinski definition) is 0. The lowest BCUT2D eigenvalue weighted by Gasteiger charge is -2.15. The van der Waals surface area contributed by atoms with E-state index in [-0.39, 0.29) is 0 Å². The van der Waals surface area contributed by atoms with Crippen molar-refractivity contribution in [3.05, 3.63) is 212 Å². The normalized spacial score (nSPS) is 11.5. The summed E-state index contributed by atoms with van der Waals surface area (Å²) in [6.45, 7) is 0. The third kappa shape index (κ3) is 5.96. The number of fused-ring (bicyclic) bond motifs is 7. The molecule has 0 aliphatic rings. The highest BCUT2D eigenvalue weighted by atomic mass is 16.3. The van der Waals surface area contributed by atoms with Crippen LogP contribution in [0, 0.1) is 0 Å². The maximum Gasteiger partial charge on any atom is 0.166 e. The van der Waals surface area contributed by atoms with Gasteiger partial charge in [-0.15, -0.1) is 0 Å². The van der Waals surface area contributed by atoms with Crippen LogP contribution in [0.1, 0.15) is 0 Å².